The lowest BCUT2D eigenvalue weighted by Crippen LogP contribution is -2.20. The van der Waals surface area contributed by atoms with Crippen molar-refractivity contribution in [1.82, 2.24) is 0 Å². The Bertz CT molecular complexity index is 771. The maximum absolute atomic E-state index is 5.89. The molecule has 0 N–H and O–H groups in total. The maximum atomic E-state index is 5.89. The average molecular weight is 345 g/mol. The minimum absolute atomic E-state index is 0.343. The minimum Gasteiger partial charge on any atom is -0.456 e. The Morgan fingerprint density at radius 3 is 2.76 bits per heavy atom. The molecule has 108 valence electrons. The number of alkyl halides is 1. The van der Waals surface area contributed by atoms with E-state index in [1.807, 2.05) is 12.1 Å². The predicted molar refractivity (Wildman–Crippen MR) is 88.9 cm³/mol. The van der Waals surface area contributed by atoms with Crippen LogP contribution in [-0.2, 0) is 4.74 Å². The highest BCUT2D eigenvalue weighted by Crippen LogP contribution is 2.38. The third kappa shape index (κ3) is 2.39. The monoisotopic (exact) mass is 344 g/mol. The van der Waals surface area contributed by atoms with E-state index in [4.69, 9.17) is 9.15 Å². The molecule has 1 aliphatic rings. The lowest BCUT2D eigenvalue weighted by Gasteiger charge is -2.26. The van der Waals surface area contributed by atoms with Gasteiger partial charge in [0.15, 0.2) is 0 Å². The van der Waals surface area contributed by atoms with Crippen molar-refractivity contribution in [3.8, 4) is 0 Å². The highest BCUT2D eigenvalue weighted by Gasteiger charge is 2.24. The number of ether oxygens (including phenoxy) is 1. The molecule has 3 aromatic rings. The SMILES string of the molecule is BrC(c1ccc2oc3ccccc3c2c1)C1CCCOC1. The summed E-state index contributed by atoms with van der Waals surface area (Å²) in [6.45, 7) is 1.75. The van der Waals surface area contributed by atoms with Gasteiger partial charge in [0.1, 0.15) is 11.2 Å². The van der Waals surface area contributed by atoms with Crippen LogP contribution in [0.1, 0.15) is 23.2 Å². The fourth-order valence-electron chi connectivity index (χ4n) is 3.18. The van der Waals surface area contributed by atoms with Crippen LogP contribution in [0.4, 0.5) is 0 Å². The Balaban J connectivity index is 1.76. The van der Waals surface area contributed by atoms with Crippen LogP contribution in [0.15, 0.2) is 46.9 Å². The molecule has 0 bridgehead atoms. The van der Waals surface area contributed by atoms with Crippen molar-refractivity contribution in [3.63, 3.8) is 0 Å². The number of hydrogen-bond acceptors (Lipinski definition) is 2. The number of fused-ring (bicyclic) bond motifs is 3. The fourth-order valence-corrected chi connectivity index (χ4v) is 3.89. The van der Waals surface area contributed by atoms with Crippen LogP contribution in [0.2, 0.25) is 0 Å². The lowest BCUT2D eigenvalue weighted by molar-refractivity contribution is 0.0546. The highest BCUT2D eigenvalue weighted by molar-refractivity contribution is 9.09. The molecule has 0 radical (unpaired) electrons. The maximum Gasteiger partial charge on any atom is 0.135 e. The van der Waals surface area contributed by atoms with Gasteiger partial charge in [-0.15, -0.1) is 0 Å². The molecule has 21 heavy (non-hydrogen) atoms. The summed E-state index contributed by atoms with van der Waals surface area (Å²) in [7, 11) is 0. The largest absolute Gasteiger partial charge is 0.456 e. The molecule has 0 amide bonds. The molecule has 0 saturated carbocycles. The quantitative estimate of drug-likeness (QED) is 0.577. The predicted octanol–water partition coefficient (Wildman–Crippen LogP) is 5.45. The molecule has 1 aromatic heterocycles. The van der Waals surface area contributed by atoms with Crippen LogP contribution >= 0.6 is 15.9 Å². The van der Waals surface area contributed by atoms with Crippen LogP contribution in [0.25, 0.3) is 21.9 Å². The fraction of sp³-hybridized carbons (Fsp3) is 0.333. The first-order valence-electron chi connectivity index (χ1n) is 7.46. The Kier molecular flexibility index (Phi) is 3.48. The first-order valence-corrected chi connectivity index (χ1v) is 8.37. The summed E-state index contributed by atoms with van der Waals surface area (Å²) in [6, 6.07) is 14.7. The molecule has 0 spiro atoms. The van der Waals surface area contributed by atoms with Crippen molar-refractivity contribution in [2.24, 2.45) is 5.92 Å². The van der Waals surface area contributed by atoms with Gasteiger partial charge in [-0.2, -0.15) is 0 Å². The second-order valence-corrected chi connectivity index (χ2v) is 6.72. The minimum atomic E-state index is 0.343. The molecule has 4 rings (SSSR count). The molecule has 2 nitrogen and oxygen atoms in total. The summed E-state index contributed by atoms with van der Waals surface area (Å²) in [5.41, 5.74) is 3.22. The van der Waals surface area contributed by atoms with E-state index in [-0.39, 0.29) is 0 Å². The average Bonchev–Trinajstić information content (AvgIpc) is 2.93. The van der Waals surface area contributed by atoms with Gasteiger partial charge < -0.3 is 9.15 Å². The summed E-state index contributed by atoms with van der Waals surface area (Å²) in [5, 5.41) is 2.39. The second kappa shape index (κ2) is 5.47. The van der Waals surface area contributed by atoms with Gasteiger partial charge in [0, 0.05) is 22.2 Å². The molecule has 2 aromatic carbocycles. The molecule has 0 aliphatic carbocycles. The Morgan fingerprint density at radius 1 is 1.05 bits per heavy atom. The van der Waals surface area contributed by atoms with Gasteiger partial charge in [-0.1, -0.05) is 40.2 Å². The van der Waals surface area contributed by atoms with Gasteiger partial charge in [-0.05, 0) is 42.5 Å². The van der Waals surface area contributed by atoms with E-state index in [9.17, 15) is 0 Å². The first kappa shape index (κ1) is 13.4. The van der Waals surface area contributed by atoms with Gasteiger partial charge in [0.2, 0.25) is 0 Å². The van der Waals surface area contributed by atoms with E-state index >= 15 is 0 Å². The van der Waals surface area contributed by atoms with Gasteiger partial charge in [-0.3, -0.25) is 0 Å². The third-order valence-corrected chi connectivity index (χ3v) is 5.60. The van der Waals surface area contributed by atoms with Crippen molar-refractivity contribution in [2.75, 3.05) is 13.2 Å². The van der Waals surface area contributed by atoms with Crippen molar-refractivity contribution in [2.45, 2.75) is 17.7 Å². The van der Waals surface area contributed by atoms with Crippen LogP contribution in [0, 0.1) is 5.92 Å². The van der Waals surface area contributed by atoms with Gasteiger partial charge in [0.25, 0.3) is 0 Å². The highest BCUT2D eigenvalue weighted by atomic mass is 79.9. The van der Waals surface area contributed by atoms with E-state index in [1.165, 1.54) is 22.8 Å². The number of halogens is 1. The summed E-state index contributed by atoms with van der Waals surface area (Å²) >= 11 is 3.87. The van der Waals surface area contributed by atoms with Crippen LogP contribution in [0.5, 0.6) is 0 Å². The standard InChI is InChI=1S/C18H17BrO2/c19-18(13-4-3-9-20-11-13)12-7-8-17-15(10-12)14-5-1-2-6-16(14)21-17/h1-2,5-8,10,13,18H,3-4,9,11H2. The van der Waals surface area contributed by atoms with Gasteiger partial charge in [-0.25, -0.2) is 0 Å². The second-order valence-electron chi connectivity index (χ2n) is 5.73. The first-order chi connectivity index (χ1) is 10.3. The van der Waals surface area contributed by atoms with Crippen molar-refractivity contribution >= 4 is 37.9 Å². The van der Waals surface area contributed by atoms with E-state index in [0.29, 0.717) is 10.7 Å². The number of para-hydroxylation sites is 1. The van der Waals surface area contributed by atoms with Crippen LogP contribution < -0.4 is 0 Å². The molecule has 2 atom stereocenters. The summed E-state index contributed by atoms with van der Waals surface area (Å²) in [4.78, 5) is 0.343. The topological polar surface area (TPSA) is 22.4 Å². The zero-order chi connectivity index (χ0) is 14.2. The normalized spacial score (nSPS) is 20.9. The van der Waals surface area contributed by atoms with E-state index < -0.39 is 0 Å². The van der Waals surface area contributed by atoms with E-state index in [0.717, 1.165) is 30.8 Å². The molecular formula is C18H17BrO2. The zero-order valence-corrected chi connectivity index (χ0v) is 13.3. The molecule has 1 aliphatic heterocycles. The summed E-state index contributed by atoms with van der Waals surface area (Å²) in [5.74, 6) is 0.550. The van der Waals surface area contributed by atoms with E-state index in [2.05, 4.69) is 46.3 Å². The Morgan fingerprint density at radius 2 is 1.90 bits per heavy atom. The molecular weight excluding hydrogens is 328 g/mol. The summed E-state index contributed by atoms with van der Waals surface area (Å²) in [6.07, 6.45) is 2.38. The van der Waals surface area contributed by atoms with Crippen molar-refractivity contribution in [3.05, 3.63) is 48.0 Å². The van der Waals surface area contributed by atoms with Crippen molar-refractivity contribution in [1.29, 1.82) is 0 Å². The van der Waals surface area contributed by atoms with Gasteiger partial charge >= 0.3 is 0 Å². The van der Waals surface area contributed by atoms with Crippen LogP contribution in [-0.4, -0.2) is 13.2 Å². The molecule has 1 fully saturated rings. The molecule has 2 unspecified atom stereocenters. The number of rotatable bonds is 2. The molecule has 3 heteroatoms. The number of hydrogen-bond donors (Lipinski definition) is 0. The lowest BCUT2D eigenvalue weighted by atomic mass is 9.93. The van der Waals surface area contributed by atoms with Gasteiger partial charge in [0.05, 0.1) is 6.61 Å². The third-order valence-electron chi connectivity index (χ3n) is 4.33. The van der Waals surface area contributed by atoms with Crippen molar-refractivity contribution < 1.29 is 9.15 Å². The smallest absolute Gasteiger partial charge is 0.135 e. The summed E-state index contributed by atoms with van der Waals surface area (Å²) < 4.78 is 11.5. The van der Waals surface area contributed by atoms with E-state index in [1.54, 1.807) is 0 Å². The Labute approximate surface area is 132 Å². The Hall–Kier alpha value is -1.32. The molecule has 1 saturated heterocycles. The zero-order valence-electron chi connectivity index (χ0n) is 11.7. The van der Waals surface area contributed by atoms with Crippen LogP contribution in [0.3, 0.4) is 0 Å². The number of furan rings is 1. The number of benzene rings is 2. The molecule has 2 heterocycles.